The number of ketones is 1. The summed E-state index contributed by atoms with van der Waals surface area (Å²) in [4.78, 5) is 13.9. The fourth-order valence-electron chi connectivity index (χ4n) is 3.75. The SMILES string of the molecule is COc1cc(OCC(C)C)cc(C=CC(=O)c2cc(OCC(C)C)cc(OCC(C)C)c2OCC(C)C)c1OCC(C)C. The van der Waals surface area contributed by atoms with Gasteiger partial charge < -0.3 is 28.4 Å². The van der Waals surface area contributed by atoms with Gasteiger partial charge in [-0.1, -0.05) is 69.2 Å². The van der Waals surface area contributed by atoms with Crippen molar-refractivity contribution in [2.75, 3.05) is 40.1 Å². The van der Waals surface area contributed by atoms with E-state index >= 15 is 0 Å². The first kappa shape index (κ1) is 35.8. The first-order valence-electron chi connectivity index (χ1n) is 15.6. The maximum Gasteiger partial charge on any atom is 0.189 e. The van der Waals surface area contributed by atoms with Gasteiger partial charge in [-0.3, -0.25) is 4.79 Å². The molecule has 0 atom stereocenters. The first-order chi connectivity index (χ1) is 20.3. The summed E-state index contributed by atoms with van der Waals surface area (Å²) in [5.74, 6) is 4.51. The summed E-state index contributed by atoms with van der Waals surface area (Å²) in [5, 5.41) is 0. The van der Waals surface area contributed by atoms with Gasteiger partial charge in [0.15, 0.2) is 28.8 Å². The van der Waals surface area contributed by atoms with Gasteiger partial charge in [0, 0.05) is 17.7 Å². The van der Waals surface area contributed by atoms with Crippen molar-refractivity contribution in [2.45, 2.75) is 69.2 Å². The molecule has 0 N–H and O–H groups in total. The molecule has 7 heteroatoms. The Morgan fingerprint density at radius 1 is 0.581 bits per heavy atom. The van der Waals surface area contributed by atoms with Crippen LogP contribution < -0.4 is 28.4 Å². The van der Waals surface area contributed by atoms with Crippen LogP contribution in [0.4, 0.5) is 0 Å². The number of allylic oxidation sites excluding steroid dienone is 1. The molecule has 0 bridgehead atoms. The fraction of sp³-hybridized carbons (Fsp3) is 0.583. The largest absolute Gasteiger partial charge is 0.493 e. The molecule has 2 rings (SSSR count). The maximum atomic E-state index is 13.9. The lowest BCUT2D eigenvalue weighted by Gasteiger charge is -2.20. The molecule has 43 heavy (non-hydrogen) atoms. The van der Waals surface area contributed by atoms with Gasteiger partial charge >= 0.3 is 0 Å². The van der Waals surface area contributed by atoms with E-state index in [2.05, 4.69) is 69.2 Å². The Hall–Kier alpha value is -3.35. The van der Waals surface area contributed by atoms with Gasteiger partial charge in [0.1, 0.15) is 11.5 Å². The van der Waals surface area contributed by atoms with Crippen LogP contribution in [0.3, 0.4) is 0 Å². The van der Waals surface area contributed by atoms with Crippen molar-refractivity contribution in [2.24, 2.45) is 29.6 Å². The molecular weight excluding hydrogens is 544 g/mol. The second-order valence-electron chi connectivity index (χ2n) is 13.1. The van der Waals surface area contributed by atoms with Crippen molar-refractivity contribution in [1.82, 2.24) is 0 Å². The van der Waals surface area contributed by atoms with Crippen molar-refractivity contribution in [1.29, 1.82) is 0 Å². The molecule has 0 aliphatic heterocycles. The number of carbonyl (C=O) groups excluding carboxylic acids is 1. The second kappa shape index (κ2) is 17.7. The standard InChI is InChI=1S/C36H54O7/c1-23(2)18-39-29-14-28(35(33(16-29)38-11)42-21-26(7)8)12-13-32(37)31-15-30(40-19-24(3)4)17-34(41-20-25(5)6)36(31)43-22-27(9)10/h12-17,23-27H,18-22H2,1-11H3. The van der Waals surface area contributed by atoms with E-state index in [1.807, 2.05) is 18.2 Å². The van der Waals surface area contributed by atoms with Crippen LogP contribution in [0.15, 0.2) is 30.3 Å². The van der Waals surface area contributed by atoms with Crippen molar-refractivity contribution in [3.63, 3.8) is 0 Å². The highest BCUT2D eigenvalue weighted by Gasteiger charge is 2.21. The van der Waals surface area contributed by atoms with Crippen LogP contribution in [-0.2, 0) is 0 Å². The van der Waals surface area contributed by atoms with E-state index in [1.54, 1.807) is 19.3 Å². The van der Waals surface area contributed by atoms with E-state index in [4.69, 9.17) is 28.4 Å². The van der Waals surface area contributed by atoms with E-state index in [0.29, 0.717) is 102 Å². The number of methoxy groups -OCH3 is 1. The zero-order chi connectivity index (χ0) is 32.1. The molecule has 2 aromatic rings. The van der Waals surface area contributed by atoms with Crippen LogP contribution in [0.1, 0.15) is 85.2 Å². The third-order valence-corrected chi connectivity index (χ3v) is 5.85. The molecule has 0 aromatic heterocycles. The summed E-state index contributed by atoms with van der Waals surface area (Å²) in [5.41, 5.74) is 1.06. The summed E-state index contributed by atoms with van der Waals surface area (Å²) in [6.45, 7) is 23.3. The van der Waals surface area contributed by atoms with Crippen LogP contribution in [0.25, 0.3) is 6.08 Å². The lowest BCUT2D eigenvalue weighted by molar-refractivity contribution is 0.104. The Balaban J connectivity index is 2.62. The number of ether oxygens (including phenoxy) is 6. The molecule has 0 spiro atoms. The third-order valence-electron chi connectivity index (χ3n) is 5.85. The van der Waals surface area contributed by atoms with Crippen LogP contribution >= 0.6 is 0 Å². The molecule has 2 aromatic carbocycles. The Bertz CT molecular complexity index is 1180. The Morgan fingerprint density at radius 3 is 1.53 bits per heavy atom. The number of carbonyl (C=O) groups is 1. The van der Waals surface area contributed by atoms with Gasteiger partial charge in [-0.25, -0.2) is 0 Å². The van der Waals surface area contributed by atoms with Crippen molar-refractivity contribution in [3.8, 4) is 34.5 Å². The summed E-state index contributed by atoms with van der Waals surface area (Å²) in [6, 6.07) is 7.26. The van der Waals surface area contributed by atoms with E-state index in [9.17, 15) is 4.79 Å². The normalized spacial score (nSPS) is 11.7. The average molecular weight is 599 g/mol. The molecule has 240 valence electrons. The third kappa shape index (κ3) is 12.4. The van der Waals surface area contributed by atoms with Gasteiger partial charge in [-0.05, 0) is 53.9 Å². The van der Waals surface area contributed by atoms with E-state index in [-0.39, 0.29) is 11.7 Å². The molecule has 0 unspecified atom stereocenters. The maximum absolute atomic E-state index is 13.9. The van der Waals surface area contributed by atoms with Gasteiger partial charge in [0.25, 0.3) is 0 Å². The Morgan fingerprint density at radius 2 is 1.02 bits per heavy atom. The highest BCUT2D eigenvalue weighted by molar-refractivity contribution is 6.09. The van der Waals surface area contributed by atoms with Gasteiger partial charge in [-0.15, -0.1) is 0 Å². The zero-order valence-electron chi connectivity index (χ0n) is 28.2. The molecule has 0 aliphatic rings. The molecule has 0 saturated heterocycles. The van der Waals surface area contributed by atoms with Crippen LogP contribution in [-0.4, -0.2) is 45.9 Å². The number of hydrogen-bond acceptors (Lipinski definition) is 7. The molecule has 0 heterocycles. The Kier molecular flexibility index (Phi) is 14.7. The van der Waals surface area contributed by atoms with Crippen molar-refractivity contribution in [3.05, 3.63) is 41.5 Å². The molecule has 0 aliphatic carbocycles. The van der Waals surface area contributed by atoms with Crippen molar-refractivity contribution >= 4 is 11.9 Å². The second-order valence-corrected chi connectivity index (χ2v) is 13.1. The predicted octanol–water partition coefficient (Wildman–Crippen LogP) is 8.77. The number of hydrogen-bond donors (Lipinski definition) is 0. The highest BCUT2D eigenvalue weighted by Crippen LogP contribution is 2.39. The Labute approximate surface area is 259 Å². The predicted molar refractivity (Wildman–Crippen MR) is 174 cm³/mol. The molecule has 0 radical (unpaired) electrons. The smallest absolute Gasteiger partial charge is 0.189 e. The molecule has 0 amide bonds. The van der Waals surface area contributed by atoms with Crippen molar-refractivity contribution < 1.29 is 33.2 Å². The van der Waals surface area contributed by atoms with Crippen LogP contribution in [0.5, 0.6) is 34.5 Å². The molecule has 7 nitrogen and oxygen atoms in total. The van der Waals surface area contributed by atoms with Gasteiger partial charge in [-0.2, -0.15) is 0 Å². The topological polar surface area (TPSA) is 72.5 Å². The lowest BCUT2D eigenvalue weighted by Crippen LogP contribution is -2.13. The van der Waals surface area contributed by atoms with Gasteiger partial charge in [0.05, 0.1) is 45.7 Å². The highest BCUT2D eigenvalue weighted by atomic mass is 16.5. The molecule has 0 saturated carbocycles. The minimum absolute atomic E-state index is 0.245. The van der Waals surface area contributed by atoms with E-state index < -0.39 is 0 Å². The van der Waals surface area contributed by atoms with Crippen LogP contribution in [0.2, 0.25) is 0 Å². The summed E-state index contributed by atoms with van der Waals surface area (Å²) in [6.07, 6.45) is 3.27. The quantitative estimate of drug-likeness (QED) is 0.118. The zero-order valence-corrected chi connectivity index (χ0v) is 28.2. The molecule has 0 fully saturated rings. The van der Waals surface area contributed by atoms with Crippen LogP contribution in [0, 0.1) is 29.6 Å². The van der Waals surface area contributed by atoms with E-state index in [0.717, 1.165) is 0 Å². The number of benzene rings is 2. The summed E-state index contributed by atoms with van der Waals surface area (Å²) in [7, 11) is 1.60. The van der Waals surface area contributed by atoms with E-state index in [1.165, 1.54) is 6.08 Å². The number of rotatable bonds is 19. The minimum Gasteiger partial charge on any atom is -0.493 e. The summed E-state index contributed by atoms with van der Waals surface area (Å²) < 4.78 is 36.3. The molecular formula is C36H54O7. The van der Waals surface area contributed by atoms with Gasteiger partial charge in [0.2, 0.25) is 0 Å². The first-order valence-corrected chi connectivity index (χ1v) is 15.6. The average Bonchev–Trinajstić information content (AvgIpc) is 2.94. The lowest BCUT2D eigenvalue weighted by atomic mass is 10.1. The fourth-order valence-corrected chi connectivity index (χ4v) is 3.75. The monoisotopic (exact) mass is 598 g/mol. The minimum atomic E-state index is -0.245. The summed E-state index contributed by atoms with van der Waals surface area (Å²) >= 11 is 0.